The summed E-state index contributed by atoms with van der Waals surface area (Å²) in [5.74, 6) is 0.0350. The molecule has 0 aromatic rings. The Hall–Kier alpha value is -0.820. The van der Waals surface area contributed by atoms with E-state index in [-0.39, 0.29) is 25.5 Å². The van der Waals surface area contributed by atoms with E-state index in [0.29, 0.717) is 6.42 Å². The quantitative estimate of drug-likeness (QED) is 0.574. The summed E-state index contributed by atoms with van der Waals surface area (Å²) in [5.41, 5.74) is 0. The molecule has 0 aromatic heterocycles. The van der Waals surface area contributed by atoms with Crippen LogP contribution < -0.4 is 5.32 Å². The summed E-state index contributed by atoms with van der Waals surface area (Å²) >= 11 is 0. The van der Waals surface area contributed by atoms with Gasteiger partial charge in [0, 0.05) is 12.8 Å². The van der Waals surface area contributed by atoms with Crippen molar-refractivity contribution >= 4 is 15.9 Å². The maximum atomic E-state index is 10.7. The number of hydrogen-bond acceptors (Lipinski definition) is 5. The lowest BCUT2D eigenvalue weighted by molar-refractivity contribution is 0.119. The minimum atomic E-state index is -2.97. The molecule has 2 N–H and O–H groups in total. The molecule has 84 valence electrons. The van der Waals surface area contributed by atoms with Crippen LogP contribution in [0.15, 0.2) is 0 Å². The van der Waals surface area contributed by atoms with Gasteiger partial charge in [-0.1, -0.05) is 0 Å². The summed E-state index contributed by atoms with van der Waals surface area (Å²) in [6.45, 7) is -0.0357. The molecule has 0 aromatic carbocycles. The van der Waals surface area contributed by atoms with Gasteiger partial charge in [0.05, 0.1) is 12.4 Å². The van der Waals surface area contributed by atoms with Crippen LogP contribution in [0.1, 0.15) is 6.42 Å². The van der Waals surface area contributed by atoms with Crippen LogP contribution in [0.25, 0.3) is 0 Å². The highest BCUT2D eigenvalue weighted by Crippen LogP contribution is 1.87. The molecule has 0 aliphatic carbocycles. The Labute approximate surface area is 83.2 Å². The second-order valence-corrected chi connectivity index (χ2v) is 5.03. The highest BCUT2D eigenvalue weighted by Gasteiger charge is 2.03. The molecule has 0 fully saturated rings. The van der Waals surface area contributed by atoms with Gasteiger partial charge in [0.2, 0.25) is 0 Å². The first-order valence-corrected chi connectivity index (χ1v) is 6.21. The number of rotatable bonds is 6. The maximum Gasteiger partial charge on any atom is 0.407 e. The molecular weight excluding hydrogens is 210 g/mol. The molecule has 0 unspecified atom stereocenters. The topological polar surface area (TPSA) is 92.7 Å². The Bertz CT molecular complexity index is 261. The fourth-order valence-corrected chi connectivity index (χ4v) is 1.38. The number of ether oxygens (including phenoxy) is 1. The zero-order chi connectivity index (χ0) is 11.0. The van der Waals surface area contributed by atoms with Gasteiger partial charge in [0.15, 0.2) is 0 Å². The number of hydrogen-bond donors (Lipinski definition) is 2. The van der Waals surface area contributed by atoms with Crippen LogP contribution in [-0.4, -0.2) is 51.4 Å². The summed E-state index contributed by atoms with van der Waals surface area (Å²) < 4.78 is 25.8. The van der Waals surface area contributed by atoms with Gasteiger partial charge in [-0.05, 0) is 6.42 Å². The van der Waals surface area contributed by atoms with E-state index in [0.717, 1.165) is 6.26 Å². The number of amides is 1. The summed E-state index contributed by atoms with van der Waals surface area (Å²) in [4.78, 5) is 10.7. The molecule has 0 atom stereocenters. The van der Waals surface area contributed by atoms with Gasteiger partial charge in [0.25, 0.3) is 0 Å². The lowest BCUT2D eigenvalue weighted by atomic mass is 10.5. The van der Waals surface area contributed by atoms with Crippen molar-refractivity contribution in [3.63, 3.8) is 0 Å². The van der Waals surface area contributed by atoms with Crippen molar-refractivity contribution in [3.05, 3.63) is 0 Å². The molecule has 1 amide bonds. The van der Waals surface area contributed by atoms with Gasteiger partial charge in [0.1, 0.15) is 16.4 Å². The van der Waals surface area contributed by atoms with Gasteiger partial charge in [-0.15, -0.1) is 0 Å². The third-order valence-corrected chi connectivity index (χ3v) is 2.32. The van der Waals surface area contributed by atoms with Crippen molar-refractivity contribution in [3.8, 4) is 0 Å². The summed E-state index contributed by atoms with van der Waals surface area (Å²) in [7, 11) is -2.97. The third kappa shape index (κ3) is 9.27. The molecule has 0 aliphatic heterocycles. The number of aliphatic hydroxyl groups excluding tert-OH is 1. The summed E-state index contributed by atoms with van der Waals surface area (Å²) in [5, 5.41) is 10.7. The SMILES string of the molecule is CS(=O)(=O)CCCNC(=O)OCCO. The van der Waals surface area contributed by atoms with Crippen molar-refractivity contribution in [2.45, 2.75) is 6.42 Å². The van der Waals surface area contributed by atoms with E-state index < -0.39 is 15.9 Å². The number of carbonyl (C=O) groups is 1. The highest BCUT2D eigenvalue weighted by molar-refractivity contribution is 7.90. The predicted octanol–water partition coefficient (Wildman–Crippen LogP) is -0.860. The van der Waals surface area contributed by atoms with Crippen LogP contribution >= 0.6 is 0 Å². The van der Waals surface area contributed by atoms with Gasteiger partial charge in [-0.3, -0.25) is 0 Å². The van der Waals surface area contributed by atoms with Crippen LogP contribution in [0.5, 0.6) is 0 Å². The van der Waals surface area contributed by atoms with E-state index in [1.54, 1.807) is 0 Å². The minimum Gasteiger partial charge on any atom is -0.447 e. The zero-order valence-corrected chi connectivity index (χ0v) is 8.84. The van der Waals surface area contributed by atoms with Crippen molar-refractivity contribution < 1.29 is 23.1 Å². The van der Waals surface area contributed by atoms with Crippen molar-refractivity contribution in [2.75, 3.05) is 31.8 Å². The Balaban J connectivity index is 3.41. The van der Waals surface area contributed by atoms with E-state index in [1.807, 2.05) is 0 Å². The highest BCUT2D eigenvalue weighted by atomic mass is 32.2. The lowest BCUT2D eigenvalue weighted by Gasteiger charge is -2.04. The molecule has 0 bridgehead atoms. The van der Waals surface area contributed by atoms with Crippen molar-refractivity contribution in [2.24, 2.45) is 0 Å². The molecule has 6 nitrogen and oxygen atoms in total. The van der Waals surface area contributed by atoms with Crippen LogP contribution in [0.3, 0.4) is 0 Å². The third-order valence-electron chi connectivity index (χ3n) is 1.29. The smallest absolute Gasteiger partial charge is 0.407 e. The standard InChI is InChI=1S/C7H15NO5S/c1-14(11,12)6-2-3-8-7(10)13-5-4-9/h9H,2-6H2,1H3,(H,8,10). The molecule has 0 aliphatic rings. The first kappa shape index (κ1) is 13.2. The van der Waals surface area contributed by atoms with E-state index in [4.69, 9.17) is 5.11 Å². The van der Waals surface area contributed by atoms with E-state index >= 15 is 0 Å². The predicted molar refractivity (Wildman–Crippen MR) is 50.8 cm³/mol. The Morgan fingerprint density at radius 3 is 2.64 bits per heavy atom. The molecule has 0 spiro atoms. The van der Waals surface area contributed by atoms with E-state index in [2.05, 4.69) is 10.1 Å². The fraction of sp³-hybridized carbons (Fsp3) is 0.857. The average Bonchev–Trinajstić information content (AvgIpc) is 2.07. The summed E-state index contributed by atoms with van der Waals surface area (Å²) in [6.07, 6.45) is 0.844. The average molecular weight is 225 g/mol. The zero-order valence-electron chi connectivity index (χ0n) is 8.02. The largest absolute Gasteiger partial charge is 0.447 e. The van der Waals surface area contributed by atoms with E-state index in [1.165, 1.54) is 0 Å². The monoisotopic (exact) mass is 225 g/mol. The van der Waals surface area contributed by atoms with Crippen LogP contribution in [0.2, 0.25) is 0 Å². The number of nitrogens with one attached hydrogen (secondary N) is 1. The normalized spacial score (nSPS) is 11.0. The molecule has 0 radical (unpaired) electrons. The van der Waals surface area contributed by atoms with Crippen LogP contribution in [-0.2, 0) is 14.6 Å². The number of alkyl carbamates (subject to hydrolysis) is 1. The molecule has 14 heavy (non-hydrogen) atoms. The Morgan fingerprint density at radius 1 is 1.50 bits per heavy atom. The maximum absolute atomic E-state index is 10.7. The molecule has 0 heterocycles. The molecule has 7 heteroatoms. The fourth-order valence-electron chi connectivity index (χ4n) is 0.714. The number of sulfone groups is 1. The molecule has 0 saturated carbocycles. The van der Waals surface area contributed by atoms with Gasteiger partial charge in [-0.2, -0.15) is 0 Å². The number of aliphatic hydroxyl groups is 1. The first-order valence-electron chi connectivity index (χ1n) is 4.15. The van der Waals surface area contributed by atoms with Crippen molar-refractivity contribution in [1.82, 2.24) is 5.32 Å². The van der Waals surface area contributed by atoms with Crippen molar-refractivity contribution in [1.29, 1.82) is 0 Å². The van der Waals surface area contributed by atoms with Gasteiger partial charge in [-0.25, -0.2) is 13.2 Å². The van der Waals surface area contributed by atoms with E-state index in [9.17, 15) is 13.2 Å². The van der Waals surface area contributed by atoms with Crippen LogP contribution in [0, 0.1) is 0 Å². The molecule has 0 rings (SSSR count). The van der Waals surface area contributed by atoms with Gasteiger partial charge < -0.3 is 15.2 Å². The summed E-state index contributed by atoms with van der Waals surface area (Å²) in [6, 6.07) is 0. The minimum absolute atomic E-state index is 0.0350. The van der Waals surface area contributed by atoms with Gasteiger partial charge >= 0.3 is 6.09 Å². The first-order chi connectivity index (χ1) is 6.45. The Kier molecular flexibility index (Phi) is 6.22. The lowest BCUT2D eigenvalue weighted by Crippen LogP contribution is -2.27. The second-order valence-electron chi connectivity index (χ2n) is 2.77. The second kappa shape index (κ2) is 6.61. The Morgan fingerprint density at radius 2 is 2.14 bits per heavy atom. The molecular formula is C7H15NO5S. The molecule has 0 saturated heterocycles. The number of carbonyl (C=O) groups excluding carboxylic acids is 1. The van der Waals surface area contributed by atoms with Crippen LogP contribution in [0.4, 0.5) is 4.79 Å².